The molecule has 3 nitrogen and oxygen atoms in total. The van der Waals surface area contributed by atoms with Crippen molar-refractivity contribution in [3.05, 3.63) is 12.3 Å². The second kappa shape index (κ2) is 5.17. The van der Waals surface area contributed by atoms with Gasteiger partial charge >= 0.3 is 0 Å². The molecule has 3 heteroatoms. The van der Waals surface area contributed by atoms with Gasteiger partial charge in [-0.1, -0.05) is 6.58 Å². The van der Waals surface area contributed by atoms with Crippen LogP contribution in [0.2, 0.25) is 0 Å². The third-order valence-corrected chi connectivity index (χ3v) is 2.05. The Balaban J connectivity index is 2.20. The van der Waals surface area contributed by atoms with Gasteiger partial charge in [-0.15, -0.1) is 0 Å². The van der Waals surface area contributed by atoms with Crippen LogP contribution in [0.25, 0.3) is 0 Å². The van der Waals surface area contributed by atoms with Gasteiger partial charge in [-0.25, -0.2) is 0 Å². The SMILES string of the molecule is C=C(CCOC)N1CCOCC1. The van der Waals surface area contributed by atoms with Gasteiger partial charge in [-0.2, -0.15) is 0 Å². The summed E-state index contributed by atoms with van der Waals surface area (Å²) < 4.78 is 10.2. The molecule has 0 aromatic heterocycles. The van der Waals surface area contributed by atoms with E-state index >= 15 is 0 Å². The zero-order valence-corrected chi connectivity index (χ0v) is 7.71. The second-order valence-corrected chi connectivity index (χ2v) is 2.91. The summed E-state index contributed by atoms with van der Waals surface area (Å²) in [5.74, 6) is 0. The molecular formula is C9H17NO2. The van der Waals surface area contributed by atoms with E-state index in [2.05, 4.69) is 11.5 Å². The first-order chi connectivity index (χ1) is 5.84. The van der Waals surface area contributed by atoms with Crippen molar-refractivity contribution in [2.24, 2.45) is 0 Å². The zero-order chi connectivity index (χ0) is 8.81. The number of hydrogen-bond acceptors (Lipinski definition) is 3. The third kappa shape index (κ3) is 2.83. The smallest absolute Gasteiger partial charge is 0.0642 e. The maximum absolute atomic E-state index is 5.24. The van der Waals surface area contributed by atoms with Gasteiger partial charge in [0.15, 0.2) is 0 Å². The molecule has 0 atom stereocenters. The fourth-order valence-corrected chi connectivity index (χ4v) is 1.26. The van der Waals surface area contributed by atoms with Crippen molar-refractivity contribution < 1.29 is 9.47 Å². The van der Waals surface area contributed by atoms with E-state index in [1.807, 2.05) is 0 Å². The lowest BCUT2D eigenvalue weighted by molar-refractivity contribution is 0.0503. The molecule has 0 radical (unpaired) electrons. The first kappa shape index (κ1) is 9.55. The summed E-state index contributed by atoms with van der Waals surface area (Å²) in [5.41, 5.74) is 1.17. The Hall–Kier alpha value is -0.540. The Morgan fingerprint density at radius 1 is 1.50 bits per heavy atom. The third-order valence-electron chi connectivity index (χ3n) is 2.05. The van der Waals surface area contributed by atoms with Crippen LogP contribution in [-0.4, -0.2) is 44.9 Å². The number of nitrogens with zero attached hydrogens (tertiary/aromatic N) is 1. The van der Waals surface area contributed by atoms with Gasteiger partial charge < -0.3 is 14.4 Å². The van der Waals surface area contributed by atoms with E-state index in [4.69, 9.17) is 9.47 Å². The topological polar surface area (TPSA) is 21.7 Å². The van der Waals surface area contributed by atoms with Crippen LogP contribution in [0.5, 0.6) is 0 Å². The number of morpholine rings is 1. The average Bonchev–Trinajstić information content (AvgIpc) is 2.15. The molecule has 0 aromatic carbocycles. The molecule has 0 unspecified atom stereocenters. The highest BCUT2D eigenvalue weighted by molar-refractivity contribution is 4.94. The van der Waals surface area contributed by atoms with Crippen LogP contribution in [0.3, 0.4) is 0 Å². The van der Waals surface area contributed by atoms with Crippen molar-refractivity contribution in [3.8, 4) is 0 Å². The molecule has 1 aliphatic heterocycles. The number of hydrogen-bond donors (Lipinski definition) is 0. The number of ether oxygens (including phenoxy) is 2. The molecule has 0 aromatic rings. The summed E-state index contributed by atoms with van der Waals surface area (Å²) in [6, 6.07) is 0. The highest BCUT2D eigenvalue weighted by atomic mass is 16.5. The van der Waals surface area contributed by atoms with Crippen LogP contribution in [-0.2, 0) is 9.47 Å². The van der Waals surface area contributed by atoms with Gasteiger partial charge in [0, 0.05) is 32.3 Å². The van der Waals surface area contributed by atoms with Gasteiger partial charge in [-0.05, 0) is 0 Å². The van der Waals surface area contributed by atoms with Crippen molar-refractivity contribution >= 4 is 0 Å². The van der Waals surface area contributed by atoms with Crippen molar-refractivity contribution in [2.75, 3.05) is 40.0 Å². The van der Waals surface area contributed by atoms with E-state index in [-0.39, 0.29) is 0 Å². The molecular weight excluding hydrogens is 154 g/mol. The Bertz CT molecular complexity index is 141. The van der Waals surface area contributed by atoms with Crippen molar-refractivity contribution in [3.63, 3.8) is 0 Å². The minimum absolute atomic E-state index is 0.760. The summed E-state index contributed by atoms with van der Waals surface area (Å²) >= 11 is 0. The molecule has 0 saturated carbocycles. The second-order valence-electron chi connectivity index (χ2n) is 2.91. The van der Waals surface area contributed by atoms with Crippen molar-refractivity contribution in [2.45, 2.75) is 6.42 Å². The van der Waals surface area contributed by atoms with Gasteiger partial charge in [0.05, 0.1) is 19.8 Å². The van der Waals surface area contributed by atoms with Crippen LogP contribution in [0.1, 0.15) is 6.42 Å². The van der Waals surface area contributed by atoms with Crippen molar-refractivity contribution in [1.82, 2.24) is 4.90 Å². The van der Waals surface area contributed by atoms with Gasteiger partial charge in [0.1, 0.15) is 0 Å². The molecule has 1 fully saturated rings. The summed E-state index contributed by atoms with van der Waals surface area (Å²) in [5, 5.41) is 0. The summed E-state index contributed by atoms with van der Waals surface area (Å²) in [6.45, 7) is 8.37. The van der Waals surface area contributed by atoms with Gasteiger partial charge in [0.25, 0.3) is 0 Å². The average molecular weight is 171 g/mol. The molecule has 12 heavy (non-hydrogen) atoms. The minimum Gasteiger partial charge on any atom is -0.384 e. The molecule has 0 amide bonds. The molecule has 1 heterocycles. The van der Waals surface area contributed by atoms with Crippen LogP contribution in [0.4, 0.5) is 0 Å². The standard InChI is InChI=1S/C9H17NO2/c1-9(3-6-11-2)10-4-7-12-8-5-10/h1,3-8H2,2H3. The largest absolute Gasteiger partial charge is 0.384 e. The molecule has 0 N–H and O–H groups in total. The van der Waals surface area contributed by atoms with Gasteiger partial charge in [-0.3, -0.25) is 0 Å². The predicted molar refractivity (Wildman–Crippen MR) is 48.0 cm³/mol. The van der Waals surface area contributed by atoms with Crippen LogP contribution in [0.15, 0.2) is 12.3 Å². The normalized spacial score (nSPS) is 17.9. The van der Waals surface area contributed by atoms with E-state index in [9.17, 15) is 0 Å². The molecule has 70 valence electrons. The van der Waals surface area contributed by atoms with Crippen LogP contribution < -0.4 is 0 Å². The number of methoxy groups -OCH3 is 1. The van der Waals surface area contributed by atoms with E-state index in [0.717, 1.165) is 39.3 Å². The highest BCUT2D eigenvalue weighted by Gasteiger charge is 2.10. The van der Waals surface area contributed by atoms with Crippen molar-refractivity contribution in [1.29, 1.82) is 0 Å². The molecule has 1 rings (SSSR count). The predicted octanol–water partition coefficient (Wildman–Crippen LogP) is 0.869. The summed E-state index contributed by atoms with van der Waals surface area (Å²) in [6.07, 6.45) is 0.927. The van der Waals surface area contributed by atoms with E-state index in [1.165, 1.54) is 5.70 Å². The Morgan fingerprint density at radius 2 is 2.17 bits per heavy atom. The lowest BCUT2D eigenvalue weighted by Crippen LogP contribution is -2.35. The summed E-state index contributed by atoms with van der Waals surface area (Å²) in [4.78, 5) is 2.27. The fraction of sp³-hybridized carbons (Fsp3) is 0.778. The number of rotatable bonds is 4. The first-order valence-corrected chi connectivity index (χ1v) is 4.34. The lowest BCUT2D eigenvalue weighted by atomic mass is 10.3. The minimum atomic E-state index is 0.760. The zero-order valence-electron chi connectivity index (χ0n) is 7.71. The Kier molecular flexibility index (Phi) is 4.11. The fourth-order valence-electron chi connectivity index (χ4n) is 1.26. The monoisotopic (exact) mass is 171 g/mol. The molecule has 1 saturated heterocycles. The molecule has 1 aliphatic rings. The highest BCUT2D eigenvalue weighted by Crippen LogP contribution is 2.08. The molecule has 0 bridgehead atoms. The maximum atomic E-state index is 5.24. The maximum Gasteiger partial charge on any atom is 0.0642 e. The quantitative estimate of drug-likeness (QED) is 0.626. The van der Waals surface area contributed by atoms with Gasteiger partial charge in [0.2, 0.25) is 0 Å². The van der Waals surface area contributed by atoms with E-state index in [0.29, 0.717) is 0 Å². The molecule has 0 spiro atoms. The van der Waals surface area contributed by atoms with E-state index < -0.39 is 0 Å². The van der Waals surface area contributed by atoms with Crippen LogP contribution in [0, 0.1) is 0 Å². The van der Waals surface area contributed by atoms with Crippen LogP contribution >= 0.6 is 0 Å². The Labute approximate surface area is 74.0 Å². The lowest BCUT2D eigenvalue weighted by Gasteiger charge is -2.30. The Morgan fingerprint density at radius 3 is 2.75 bits per heavy atom. The summed E-state index contributed by atoms with van der Waals surface area (Å²) in [7, 11) is 1.71. The first-order valence-electron chi connectivity index (χ1n) is 4.34. The van der Waals surface area contributed by atoms with E-state index in [1.54, 1.807) is 7.11 Å². The molecule has 0 aliphatic carbocycles.